The number of hydrogen-bond acceptors (Lipinski definition) is 5. The number of carboxylic acids is 1. The van der Waals surface area contributed by atoms with Gasteiger partial charge in [0.2, 0.25) is 0 Å². The van der Waals surface area contributed by atoms with Gasteiger partial charge in [0.1, 0.15) is 6.04 Å². The molecule has 3 N–H and O–H groups in total. The molecule has 2 amide bonds. The van der Waals surface area contributed by atoms with Crippen molar-refractivity contribution in [1.29, 1.82) is 0 Å². The number of nitrogens with zero attached hydrogens (tertiary/aromatic N) is 2. The molecular formula is C19H18N4O3S. The van der Waals surface area contributed by atoms with Gasteiger partial charge < -0.3 is 20.6 Å². The maximum absolute atomic E-state index is 12.3. The van der Waals surface area contributed by atoms with Crippen LogP contribution in [0.25, 0.3) is 0 Å². The molecule has 8 heteroatoms. The smallest absolute Gasteiger partial charge is 0.326 e. The van der Waals surface area contributed by atoms with E-state index in [-0.39, 0.29) is 6.42 Å². The molecule has 2 heterocycles. The molecule has 27 heavy (non-hydrogen) atoms. The summed E-state index contributed by atoms with van der Waals surface area (Å²) < 4.78 is 0. The van der Waals surface area contributed by atoms with Gasteiger partial charge in [-0.1, -0.05) is 30.3 Å². The van der Waals surface area contributed by atoms with Crippen LogP contribution in [0.5, 0.6) is 0 Å². The molecule has 138 valence electrons. The molecule has 1 unspecified atom stereocenters. The molecule has 2 aromatic carbocycles. The summed E-state index contributed by atoms with van der Waals surface area (Å²) in [6, 6.07) is 13.3. The number of carboxylic acid groups (broad SMARTS) is 1. The molecule has 0 saturated carbocycles. The highest BCUT2D eigenvalue weighted by Gasteiger charge is 2.29. The fraction of sp³-hybridized carbons (Fsp3) is 0.211. The van der Waals surface area contributed by atoms with Crippen molar-refractivity contribution in [2.24, 2.45) is 4.99 Å². The minimum Gasteiger partial charge on any atom is -0.480 e. The number of urea groups is 1. The van der Waals surface area contributed by atoms with Crippen LogP contribution in [0.2, 0.25) is 0 Å². The van der Waals surface area contributed by atoms with Crippen LogP contribution in [0.4, 0.5) is 16.2 Å². The van der Waals surface area contributed by atoms with Crippen molar-refractivity contribution < 1.29 is 14.7 Å². The Morgan fingerprint density at radius 3 is 2.81 bits per heavy atom. The normalized spacial score (nSPS) is 15.6. The number of aliphatic imine (C=N–C) groups is 1. The van der Waals surface area contributed by atoms with Gasteiger partial charge in [-0.25, -0.2) is 9.59 Å². The number of carbonyl (C=O) groups is 2. The highest BCUT2D eigenvalue weighted by molar-refractivity contribution is 8.14. The molecule has 0 saturated heterocycles. The number of amides is 2. The third-order valence-corrected chi connectivity index (χ3v) is 5.49. The quantitative estimate of drug-likeness (QED) is 0.739. The zero-order chi connectivity index (χ0) is 18.8. The lowest BCUT2D eigenvalue weighted by Crippen LogP contribution is -2.44. The fourth-order valence-electron chi connectivity index (χ4n) is 3.10. The fourth-order valence-corrected chi connectivity index (χ4v) is 4.17. The van der Waals surface area contributed by atoms with E-state index in [2.05, 4.69) is 20.5 Å². The van der Waals surface area contributed by atoms with Crippen LogP contribution in [-0.2, 0) is 11.2 Å². The summed E-state index contributed by atoms with van der Waals surface area (Å²) in [6.45, 7) is 1.61. The number of benzene rings is 2. The molecule has 4 rings (SSSR count). The van der Waals surface area contributed by atoms with Crippen LogP contribution in [0.3, 0.4) is 0 Å². The van der Waals surface area contributed by atoms with Gasteiger partial charge in [0.15, 0.2) is 5.17 Å². The first-order chi connectivity index (χ1) is 13.1. The Morgan fingerprint density at radius 1 is 1.22 bits per heavy atom. The molecule has 2 aliphatic heterocycles. The second-order valence-electron chi connectivity index (χ2n) is 6.28. The topological polar surface area (TPSA) is 94.0 Å². The number of rotatable bonds is 5. The van der Waals surface area contributed by atoms with Crippen molar-refractivity contribution in [1.82, 2.24) is 5.32 Å². The van der Waals surface area contributed by atoms with Crippen molar-refractivity contribution in [2.45, 2.75) is 17.4 Å². The molecule has 2 aromatic rings. The zero-order valence-corrected chi connectivity index (χ0v) is 15.2. The SMILES string of the molecule is O=C(Nc1ccc2c(c1)N1CCN=C1S2)NC(Cc1ccccc1)C(=O)O. The molecule has 1 atom stereocenters. The zero-order valence-electron chi connectivity index (χ0n) is 14.4. The second-order valence-corrected chi connectivity index (χ2v) is 7.29. The van der Waals surface area contributed by atoms with Gasteiger partial charge in [-0.3, -0.25) is 4.99 Å². The Kier molecular flexibility index (Phi) is 4.72. The predicted octanol–water partition coefficient (Wildman–Crippen LogP) is 2.79. The summed E-state index contributed by atoms with van der Waals surface area (Å²) in [5, 5.41) is 15.7. The van der Waals surface area contributed by atoms with Crippen molar-refractivity contribution in [2.75, 3.05) is 23.3 Å². The van der Waals surface area contributed by atoms with E-state index in [1.165, 1.54) is 0 Å². The van der Waals surface area contributed by atoms with Crippen LogP contribution >= 0.6 is 11.8 Å². The summed E-state index contributed by atoms with van der Waals surface area (Å²) in [6.07, 6.45) is 0.220. The van der Waals surface area contributed by atoms with E-state index in [4.69, 9.17) is 0 Å². The number of anilines is 2. The molecular weight excluding hydrogens is 364 g/mol. The monoisotopic (exact) mass is 382 g/mol. The second kappa shape index (κ2) is 7.32. The summed E-state index contributed by atoms with van der Waals surface area (Å²) >= 11 is 1.62. The van der Waals surface area contributed by atoms with Crippen LogP contribution in [0.15, 0.2) is 58.4 Å². The number of carbonyl (C=O) groups excluding carboxylic acids is 1. The first kappa shape index (κ1) is 17.4. The Balaban J connectivity index is 1.42. The van der Waals surface area contributed by atoms with Crippen molar-refractivity contribution >= 4 is 40.3 Å². The van der Waals surface area contributed by atoms with Crippen LogP contribution < -0.4 is 15.5 Å². The molecule has 2 aliphatic rings. The van der Waals surface area contributed by atoms with E-state index in [0.29, 0.717) is 5.69 Å². The summed E-state index contributed by atoms with van der Waals surface area (Å²) in [4.78, 5) is 31.5. The minimum absolute atomic E-state index is 0.220. The first-order valence-corrected chi connectivity index (χ1v) is 9.40. The largest absolute Gasteiger partial charge is 0.480 e. The van der Waals surface area contributed by atoms with Gasteiger partial charge in [0.05, 0.1) is 12.2 Å². The Labute approximate surface area is 160 Å². The average molecular weight is 382 g/mol. The van der Waals surface area contributed by atoms with Gasteiger partial charge in [0, 0.05) is 23.5 Å². The molecule has 0 radical (unpaired) electrons. The van der Waals surface area contributed by atoms with Gasteiger partial charge in [-0.15, -0.1) is 0 Å². The number of hydrogen-bond donors (Lipinski definition) is 3. The standard InChI is InChI=1S/C19H18N4O3S/c24-17(25)14(10-12-4-2-1-3-5-12)22-18(26)21-13-6-7-16-15(11-13)23-9-8-20-19(23)27-16/h1-7,11,14H,8-10H2,(H,24,25)(H2,21,22,26). The summed E-state index contributed by atoms with van der Waals surface area (Å²) in [5.41, 5.74) is 2.48. The highest BCUT2D eigenvalue weighted by Crippen LogP contribution is 2.43. The minimum atomic E-state index is -1.07. The number of fused-ring (bicyclic) bond motifs is 3. The van der Waals surface area contributed by atoms with Crippen molar-refractivity contribution in [3.63, 3.8) is 0 Å². The van der Waals surface area contributed by atoms with Gasteiger partial charge in [-0.05, 0) is 35.5 Å². The van der Waals surface area contributed by atoms with Gasteiger partial charge in [0.25, 0.3) is 0 Å². The Morgan fingerprint density at radius 2 is 2.04 bits per heavy atom. The summed E-state index contributed by atoms with van der Waals surface area (Å²) in [5.74, 6) is -1.07. The predicted molar refractivity (Wildman–Crippen MR) is 106 cm³/mol. The van der Waals surface area contributed by atoms with Gasteiger partial charge in [-0.2, -0.15) is 0 Å². The molecule has 0 spiro atoms. The van der Waals surface area contributed by atoms with E-state index in [9.17, 15) is 14.7 Å². The summed E-state index contributed by atoms with van der Waals surface area (Å²) in [7, 11) is 0. The van der Waals surface area contributed by atoms with Crippen LogP contribution in [0, 0.1) is 0 Å². The van der Waals surface area contributed by atoms with E-state index in [1.54, 1.807) is 17.8 Å². The third kappa shape index (κ3) is 3.75. The molecule has 0 bridgehead atoms. The lowest BCUT2D eigenvalue weighted by atomic mass is 10.1. The first-order valence-electron chi connectivity index (χ1n) is 8.58. The number of aliphatic carboxylic acids is 1. The average Bonchev–Trinajstić information content (AvgIpc) is 3.23. The Hall–Kier alpha value is -3.00. The third-order valence-electron chi connectivity index (χ3n) is 4.40. The van der Waals surface area contributed by atoms with Crippen LogP contribution in [0.1, 0.15) is 5.56 Å². The van der Waals surface area contributed by atoms with Gasteiger partial charge >= 0.3 is 12.0 Å². The lowest BCUT2D eigenvalue weighted by Gasteiger charge is -2.17. The van der Waals surface area contributed by atoms with E-state index in [0.717, 1.165) is 34.4 Å². The number of nitrogens with one attached hydrogen (secondary N) is 2. The number of thioether (sulfide) groups is 1. The number of amidine groups is 1. The van der Waals surface area contributed by atoms with E-state index < -0.39 is 18.0 Å². The highest BCUT2D eigenvalue weighted by atomic mass is 32.2. The maximum atomic E-state index is 12.3. The molecule has 0 aliphatic carbocycles. The van der Waals surface area contributed by atoms with Crippen molar-refractivity contribution in [3.8, 4) is 0 Å². The lowest BCUT2D eigenvalue weighted by molar-refractivity contribution is -0.139. The molecule has 7 nitrogen and oxygen atoms in total. The van der Waals surface area contributed by atoms with Crippen molar-refractivity contribution in [3.05, 3.63) is 54.1 Å². The van der Waals surface area contributed by atoms with E-state index >= 15 is 0 Å². The Bertz CT molecular complexity index is 916. The van der Waals surface area contributed by atoms with E-state index in [1.807, 2.05) is 42.5 Å². The maximum Gasteiger partial charge on any atom is 0.326 e. The van der Waals surface area contributed by atoms with Crippen LogP contribution in [-0.4, -0.2) is 41.4 Å². The molecule has 0 fully saturated rings. The molecule has 0 aromatic heterocycles.